The lowest BCUT2D eigenvalue weighted by Crippen LogP contribution is -2.15. The molecular formula is C11H17N3. The molecule has 1 aromatic heterocycles. The largest absolute Gasteiger partial charge is 0.369 e. The van der Waals surface area contributed by atoms with E-state index in [-0.39, 0.29) is 0 Å². The van der Waals surface area contributed by atoms with E-state index in [4.69, 9.17) is 0 Å². The molecule has 0 unspecified atom stereocenters. The van der Waals surface area contributed by atoms with Gasteiger partial charge >= 0.3 is 0 Å². The fourth-order valence-corrected chi connectivity index (χ4v) is 1.71. The molecule has 14 heavy (non-hydrogen) atoms. The van der Waals surface area contributed by atoms with Crippen LogP contribution in [0.2, 0.25) is 0 Å². The predicted molar refractivity (Wildman–Crippen MR) is 57.4 cm³/mol. The molecule has 0 saturated heterocycles. The molecule has 1 N–H and O–H groups in total. The number of hydrogen-bond acceptors (Lipinski definition) is 3. The molecule has 1 heterocycles. The molecule has 0 aliphatic heterocycles. The minimum absolute atomic E-state index is 0.656. The van der Waals surface area contributed by atoms with E-state index in [1.165, 1.54) is 25.0 Å². The summed E-state index contributed by atoms with van der Waals surface area (Å²) in [4.78, 5) is 8.77. The van der Waals surface area contributed by atoms with Crippen molar-refractivity contribution in [3.8, 4) is 0 Å². The molecule has 1 aromatic rings. The van der Waals surface area contributed by atoms with Gasteiger partial charge in [-0.1, -0.05) is 13.3 Å². The number of nitrogens with one attached hydrogen (secondary N) is 1. The summed E-state index contributed by atoms with van der Waals surface area (Å²) < 4.78 is 0. The second-order valence-electron chi connectivity index (χ2n) is 3.84. The Kier molecular flexibility index (Phi) is 2.96. The third-order valence-corrected chi connectivity index (χ3v) is 2.76. The van der Waals surface area contributed by atoms with Gasteiger partial charge in [0.15, 0.2) is 0 Å². The van der Waals surface area contributed by atoms with Gasteiger partial charge in [0, 0.05) is 24.9 Å². The van der Waals surface area contributed by atoms with Crippen LogP contribution < -0.4 is 5.32 Å². The molecule has 1 saturated carbocycles. The molecular weight excluding hydrogens is 174 g/mol. The predicted octanol–water partition coefficient (Wildman–Crippen LogP) is 2.57. The summed E-state index contributed by atoms with van der Waals surface area (Å²) in [6.07, 6.45) is 8.58. The maximum Gasteiger partial charge on any atom is 0.148 e. The zero-order valence-electron chi connectivity index (χ0n) is 8.66. The molecule has 0 atom stereocenters. The van der Waals surface area contributed by atoms with Crippen LogP contribution in [0, 0.1) is 0 Å². The molecule has 0 radical (unpaired) electrons. The van der Waals surface area contributed by atoms with Crippen molar-refractivity contribution in [1.29, 1.82) is 0 Å². The van der Waals surface area contributed by atoms with Crippen LogP contribution in [0.1, 0.15) is 44.2 Å². The number of aromatic nitrogens is 2. The van der Waals surface area contributed by atoms with Crippen LogP contribution in [-0.4, -0.2) is 16.5 Å². The molecule has 3 heteroatoms. The van der Waals surface area contributed by atoms with Crippen LogP contribution in [0.15, 0.2) is 12.4 Å². The Hall–Kier alpha value is -1.12. The van der Waals surface area contributed by atoms with E-state index in [0.717, 1.165) is 18.8 Å². The van der Waals surface area contributed by atoms with E-state index in [0.29, 0.717) is 5.92 Å². The highest BCUT2D eigenvalue weighted by molar-refractivity contribution is 5.42. The highest BCUT2D eigenvalue weighted by atomic mass is 15.0. The Bertz CT molecular complexity index is 294. The summed E-state index contributed by atoms with van der Waals surface area (Å²) in [5.74, 6) is 1.65. The molecule has 3 nitrogen and oxygen atoms in total. The topological polar surface area (TPSA) is 37.8 Å². The van der Waals surface area contributed by atoms with E-state index in [1.54, 1.807) is 12.4 Å². The Morgan fingerprint density at radius 3 is 2.79 bits per heavy atom. The van der Waals surface area contributed by atoms with Crippen molar-refractivity contribution >= 4 is 5.82 Å². The van der Waals surface area contributed by atoms with E-state index >= 15 is 0 Å². The average Bonchev–Trinajstić information content (AvgIpc) is 2.14. The fourth-order valence-electron chi connectivity index (χ4n) is 1.71. The lowest BCUT2D eigenvalue weighted by Gasteiger charge is -2.26. The van der Waals surface area contributed by atoms with Crippen LogP contribution in [0.25, 0.3) is 0 Å². The fraction of sp³-hybridized carbons (Fsp3) is 0.636. The van der Waals surface area contributed by atoms with Crippen LogP contribution >= 0.6 is 0 Å². The van der Waals surface area contributed by atoms with Crippen molar-refractivity contribution in [3.63, 3.8) is 0 Å². The molecule has 0 aromatic carbocycles. The number of rotatable bonds is 4. The highest BCUT2D eigenvalue weighted by Gasteiger charge is 2.23. The minimum atomic E-state index is 0.656. The van der Waals surface area contributed by atoms with Crippen LogP contribution in [-0.2, 0) is 0 Å². The van der Waals surface area contributed by atoms with Crippen molar-refractivity contribution in [2.24, 2.45) is 0 Å². The number of anilines is 1. The average molecular weight is 191 g/mol. The van der Waals surface area contributed by atoms with Gasteiger partial charge in [-0.25, -0.2) is 4.98 Å². The van der Waals surface area contributed by atoms with Gasteiger partial charge in [-0.3, -0.25) is 4.98 Å². The van der Waals surface area contributed by atoms with E-state index in [2.05, 4.69) is 22.2 Å². The minimum Gasteiger partial charge on any atom is -0.369 e. The van der Waals surface area contributed by atoms with Gasteiger partial charge in [0.1, 0.15) is 5.82 Å². The van der Waals surface area contributed by atoms with Crippen LogP contribution in [0.5, 0.6) is 0 Å². The quantitative estimate of drug-likeness (QED) is 0.794. The van der Waals surface area contributed by atoms with Gasteiger partial charge in [-0.15, -0.1) is 0 Å². The Morgan fingerprint density at radius 2 is 2.14 bits per heavy atom. The summed E-state index contributed by atoms with van der Waals surface area (Å²) in [5.41, 5.74) is 1.17. The molecule has 1 fully saturated rings. The zero-order valence-corrected chi connectivity index (χ0v) is 8.66. The van der Waals surface area contributed by atoms with E-state index in [9.17, 15) is 0 Å². The Morgan fingerprint density at radius 1 is 1.36 bits per heavy atom. The first-order valence-electron chi connectivity index (χ1n) is 5.46. The Labute approximate surface area is 85.0 Å². The lowest BCUT2D eigenvalue weighted by molar-refractivity contribution is 0.411. The van der Waals surface area contributed by atoms with Gasteiger partial charge < -0.3 is 5.32 Å². The molecule has 1 aliphatic rings. The van der Waals surface area contributed by atoms with Gasteiger partial charge in [0.25, 0.3) is 0 Å². The second kappa shape index (κ2) is 4.40. The molecule has 0 bridgehead atoms. The number of nitrogens with zero attached hydrogens (tertiary/aromatic N) is 2. The van der Waals surface area contributed by atoms with E-state index in [1.807, 2.05) is 0 Å². The first-order chi connectivity index (χ1) is 6.92. The summed E-state index contributed by atoms with van der Waals surface area (Å²) in [5, 5.41) is 3.34. The van der Waals surface area contributed by atoms with Gasteiger partial charge in [0.05, 0.1) is 5.69 Å². The summed E-state index contributed by atoms with van der Waals surface area (Å²) in [7, 11) is 0. The molecule has 1 aliphatic carbocycles. The van der Waals surface area contributed by atoms with Crippen LogP contribution in [0.3, 0.4) is 0 Å². The first-order valence-corrected chi connectivity index (χ1v) is 5.46. The maximum atomic E-state index is 4.43. The molecule has 0 amide bonds. The van der Waals surface area contributed by atoms with Crippen LogP contribution in [0.4, 0.5) is 5.82 Å². The molecule has 2 rings (SSSR count). The smallest absolute Gasteiger partial charge is 0.148 e. The Balaban J connectivity index is 2.11. The summed E-state index contributed by atoms with van der Waals surface area (Å²) in [6, 6.07) is 0. The first kappa shape index (κ1) is 9.44. The van der Waals surface area contributed by atoms with E-state index < -0.39 is 0 Å². The van der Waals surface area contributed by atoms with Gasteiger partial charge in [-0.05, 0) is 19.3 Å². The zero-order chi connectivity index (χ0) is 9.80. The van der Waals surface area contributed by atoms with Crippen molar-refractivity contribution in [2.75, 3.05) is 11.9 Å². The number of hydrogen-bond donors (Lipinski definition) is 1. The normalized spacial score (nSPS) is 16.4. The molecule has 76 valence electrons. The van der Waals surface area contributed by atoms with Gasteiger partial charge in [0.2, 0.25) is 0 Å². The summed E-state index contributed by atoms with van der Waals surface area (Å²) >= 11 is 0. The lowest BCUT2D eigenvalue weighted by atomic mass is 9.82. The standard InChI is InChI=1S/C11H17N3/c1-2-6-13-11-10(9-4-3-5-9)12-7-8-14-11/h7-9H,2-6H2,1H3,(H,13,14). The SMILES string of the molecule is CCCNc1nccnc1C1CCC1. The molecule has 0 spiro atoms. The summed E-state index contributed by atoms with van der Waals surface area (Å²) in [6.45, 7) is 3.14. The van der Waals surface area contributed by atoms with Crippen molar-refractivity contribution in [3.05, 3.63) is 18.1 Å². The maximum absolute atomic E-state index is 4.43. The monoisotopic (exact) mass is 191 g/mol. The second-order valence-corrected chi connectivity index (χ2v) is 3.84. The van der Waals surface area contributed by atoms with Gasteiger partial charge in [-0.2, -0.15) is 0 Å². The van der Waals surface area contributed by atoms with Crippen molar-refractivity contribution in [1.82, 2.24) is 9.97 Å². The van der Waals surface area contributed by atoms with Crippen molar-refractivity contribution < 1.29 is 0 Å². The van der Waals surface area contributed by atoms with Crippen molar-refractivity contribution in [2.45, 2.75) is 38.5 Å². The third kappa shape index (κ3) is 1.86. The third-order valence-electron chi connectivity index (χ3n) is 2.76. The highest BCUT2D eigenvalue weighted by Crippen LogP contribution is 2.37.